The van der Waals surface area contributed by atoms with Crippen LogP contribution in [0.4, 0.5) is 0 Å². The molecule has 20 heavy (non-hydrogen) atoms. The van der Waals surface area contributed by atoms with Crippen LogP contribution in [-0.4, -0.2) is 7.71 Å². The van der Waals surface area contributed by atoms with Crippen molar-refractivity contribution in [1.82, 2.24) is 2.78 Å². The summed E-state index contributed by atoms with van der Waals surface area (Å²) in [5.41, 5.74) is 4.22. The van der Waals surface area contributed by atoms with Crippen molar-refractivity contribution < 1.29 is 21.5 Å². The van der Waals surface area contributed by atoms with Crippen molar-refractivity contribution in [1.29, 1.82) is 0 Å². The van der Waals surface area contributed by atoms with Gasteiger partial charge in [0.1, 0.15) is 0 Å². The van der Waals surface area contributed by atoms with Crippen molar-refractivity contribution in [3.63, 3.8) is 0 Å². The molecule has 1 heterocycles. The molecule has 1 aromatic heterocycles. The number of alkyl halides is 1. The van der Waals surface area contributed by atoms with Gasteiger partial charge in [-0.2, -0.15) is 0 Å². The van der Waals surface area contributed by atoms with E-state index in [0.29, 0.717) is 0 Å². The topological polar surface area (TPSA) is 4.93 Å². The molecule has 4 rings (SSSR count). The summed E-state index contributed by atoms with van der Waals surface area (Å²) in [5.74, 6) is 0. The molecule has 0 aliphatic heterocycles. The molecule has 0 saturated carbocycles. The van der Waals surface area contributed by atoms with Gasteiger partial charge in [-0.1, -0.05) is 0 Å². The summed E-state index contributed by atoms with van der Waals surface area (Å²) in [6.45, 7) is 2.22. The van der Waals surface area contributed by atoms with E-state index in [2.05, 4.69) is 69.2 Å². The predicted octanol–water partition coefficient (Wildman–Crippen LogP) is 1.74. The van der Waals surface area contributed by atoms with Gasteiger partial charge < -0.3 is 0 Å². The molecule has 0 fully saturated rings. The minimum atomic E-state index is -0.0324. The van der Waals surface area contributed by atoms with E-state index in [1.807, 2.05) is 0 Å². The Labute approximate surface area is 128 Å². The average molecular weight is 372 g/mol. The Balaban J connectivity index is 2.38. The first-order chi connectivity index (χ1) is 9.81. The van der Waals surface area contributed by atoms with Gasteiger partial charge in [-0.15, -0.1) is 0 Å². The van der Waals surface area contributed by atoms with Crippen LogP contribution in [0, 0.1) is 6.92 Å². The Kier molecular flexibility index (Phi) is 2.74. The number of nitrogens with zero attached hydrogens (tertiary/aromatic N) is 1. The number of benzene rings is 3. The first-order valence-corrected chi connectivity index (χ1v) is 9.85. The van der Waals surface area contributed by atoms with Crippen LogP contribution in [0.2, 0.25) is 0 Å². The molecule has 100 valence electrons. The van der Waals surface area contributed by atoms with Gasteiger partial charge in [-0.25, -0.2) is 0 Å². The van der Waals surface area contributed by atoms with Crippen LogP contribution in [-0.2, 0) is 0 Å². The summed E-state index contributed by atoms with van der Waals surface area (Å²) in [6.07, 6.45) is 0. The van der Waals surface area contributed by atoms with Crippen LogP contribution in [0.15, 0.2) is 54.6 Å². The molecule has 0 atom stereocenters. The van der Waals surface area contributed by atoms with Crippen molar-refractivity contribution in [2.45, 2.75) is 6.92 Å². The van der Waals surface area contributed by atoms with Gasteiger partial charge in [0.25, 0.3) is 0 Å². The standard InChI is InChI=1S/C18H15IN/c1-12-6-5-9-15-16-11-10-13-7-3-4-8-14(13)18(16)20(19-2)17(12)15/h3-11H,1-2H3/q-1. The zero-order valence-electron chi connectivity index (χ0n) is 11.5. The molecular formula is C18H15IN-. The number of aromatic nitrogens is 1. The molecule has 2 heteroatoms. The summed E-state index contributed by atoms with van der Waals surface area (Å²) in [5, 5.41) is 5.50. The molecule has 3 aromatic carbocycles. The Morgan fingerprint density at radius 2 is 1.50 bits per heavy atom. The van der Waals surface area contributed by atoms with Crippen molar-refractivity contribution in [2.24, 2.45) is 0 Å². The van der Waals surface area contributed by atoms with E-state index >= 15 is 0 Å². The SMILES string of the molecule is C[I-]n1c2c(C)cccc2c2ccc3ccccc3c21. The molecule has 4 aromatic rings. The van der Waals surface area contributed by atoms with Gasteiger partial charge in [0.05, 0.1) is 0 Å². The maximum atomic E-state index is 2.57. The number of hydrogen-bond donors (Lipinski definition) is 0. The van der Waals surface area contributed by atoms with Crippen molar-refractivity contribution in [3.8, 4) is 0 Å². The fourth-order valence-electron chi connectivity index (χ4n) is 3.10. The minimum absolute atomic E-state index is 0.0324. The zero-order valence-corrected chi connectivity index (χ0v) is 13.7. The van der Waals surface area contributed by atoms with E-state index in [4.69, 9.17) is 0 Å². The number of halogens is 1. The second-order valence-electron chi connectivity index (χ2n) is 5.10. The van der Waals surface area contributed by atoms with Crippen LogP contribution in [0.5, 0.6) is 0 Å². The van der Waals surface area contributed by atoms with Crippen LogP contribution in [0.3, 0.4) is 0 Å². The van der Waals surface area contributed by atoms with Crippen LogP contribution in [0.25, 0.3) is 32.6 Å². The van der Waals surface area contributed by atoms with Crippen LogP contribution in [0.1, 0.15) is 5.56 Å². The fourth-order valence-corrected chi connectivity index (χ4v) is 5.23. The summed E-state index contributed by atoms with van der Waals surface area (Å²) in [6, 6.07) is 19.9. The first kappa shape index (κ1) is 12.2. The van der Waals surface area contributed by atoms with Gasteiger partial charge >= 0.3 is 129 Å². The molecular weight excluding hydrogens is 357 g/mol. The third-order valence-electron chi connectivity index (χ3n) is 3.99. The Bertz CT molecular complexity index is 950. The molecule has 1 nitrogen and oxygen atoms in total. The molecule has 0 bridgehead atoms. The van der Waals surface area contributed by atoms with Gasteiger partial charge in [-0.3, -0.25) is 0 Å². The Morgan fingerprint density at radius 1 is 0.750 bits per heavy atom. The number of para-hydroxylation sites is 1. The fraction of sp³-hybridized carbons (Fsp3) is 0.111. The average Bonchev–Trinajstić information content (AvgIpc) is 2.83. The number of hydrogen-bond acceptors (Lipinski definition) is 0. The summed E-state index contributed by atoms with van der Waals surface area (Å²) < 4.78 is 2.57. The normalized spacial score (nSPS) is 11.9. The summed E-state index contributed by atoms with van der Waals surface area (Å²) in [7, 11) is 0. The Morgan fingerprint density at radius 3 is 2.35 bits per heavy atom. The molecule has 0 aliphatic rings. The van der Waals surface area contributed by atoms with E-state index in [-0.39, 0.29) is 21.5 Å². The number of rotatable bonds is 1. The van der Waals surface area contributed by atoms with E-state index in [9.17, 15) is 0 Å². The summed E-state index contributed by atoms with van der Waals surface area (Å²) >= 11 is -0.0324. The monoisotopic (exact) mass is 372 g/mol. The van der Waals surface area contributed by atoms with E-state index < -0.39 is 0 Å². The number of fused-ring (bicyclic) bond motifs is 5. The maximum absolute atomic E-state index is 2.57. The van der Waals surface area contributed by atoms with Crippen molar-refractivity contribution in [3.05, 3.63) is 60.2 Å². The van der Waals surface area contributed by atoms with Crippen LogP contribution < -0.4 is 21.5 Å². The van der Waals surface area contributed by atoms with Gasteiger partial charge in [0.2, 0.25) is 0 Å². The van der Waals surface area contributed by atoms with Gasteiger partial charge in [0.15, 0.2) is 0 Å². The molecule has 0 radical (unpaired) electrons. The van der Waals surface area contributed by atoms with E-state index in [1.165, 1.54) is 38.1 Å². The third kappa shape index (κ3) is 1.54. The van der Waals surface area contributed by atoms with Gasteiger partial charge in [0, 0.05) is 0 Å². The van der Waals surface area contributed by atoms with E-state index in [1.54, 1.807) is 0 Å². The molecule has 0 N–H and O–H groups in total. The molecule has 0 aliphatic carbocycles. The molecule has 0 spiro atoms. The van der Waals surface area contributed by atoms with E-state index in [0.717, 1.165) is 0 Å². The van der Waals surface area contributed by atoms with Crippen molar-refractivity contribution in [2.75, 3.05) is 4.93 Å². The second-order valence-corrected chi connectivity index (χ2v) is 7.03. The molecule has 0 unspecified atom stereocenters. The third-order valence-corrected chi connectivity index (χ3v) is 5.92. The van der Waals surface area contributed by atoms with Crippen LogP contribution >= 0.6 is 0 Å². The predicted molar refractivity (Wildman–Crippen MR) is 83.0 cm³/mol. The van der Waals surface area contributed by atoms with Crippen molar-refractivity contribution >= 4 is 32.6 Å². The van der Waals surface area contributed by atoms with Gasteiger partial charge in [-0.05, 0) is 0 Å². The second kappa shape index (κ2) is 4.48. The summed E-state index contributed by atoms with van der Waals surface area (Å²) in [4.78, 5) is 2.34. The Hall–Kier alpha value is -1.55. The number of aryl methyl sites for hydroxylation is 1. The molecule has 0 amide bonds. The molecule has 0 saturated heterocycles. The first-order valence-electron chi connectivity index (χ1n) is 6.73. The zero-order chi connectivity index (χ0) is 13.7. The quantitative estimate of drug-likeness (QED) is 0.354.